The van der Waals surface area contributed by atoms with E-state index in [0.29, 0.717) is 10.4 Å². The van der Waals surface area contributed by atoms with Gasteiger partial charge in [-0.3, -0.25) is 14.6 Å². The fourth-order valence-corrected chi connectivity index (χ4v) is 1.59. The Morgan fingerprint density at radius 2 is 2.31 bits per heavy atom. The molecule has 0 unspecified atom stereocenters. The van der Waals surface area contributed by atoms with E-state index >= 15 is 0 Å². The SMILES string of the molecule is CCn1[nH]c(=O)c2cc(Cl)ccc21. The zero-order valence-electron chi connectivity index (χ0n) is 7.17. The normalized spacial score (nSPS) is 10.9. The first-order chi connectivity index (χ1) is 6.22. The van der Waals surface area contributed by atoms with Crippen molar-refractivity contribution in [2.75, 3.05) is 0 Å². The summed E-state index contributed by atoms with van der Waals surface area (Å²) in [5.74, 6) is 0. The van der Waals surface area contributed by atoms with E-state index in [-0.39, 0.29) is 5.56 Å². The highest BCUT2D eigenvalue weighted by atomic mass is 35.5. The minimum Gasteiger partial charge on any atom is -0.285 e. The molecule has 0 aliphatic rings. The summed E-state index contributed by atoms with van der Waals surface area (Å²) >= 11 is 5.78. The van der Waals surface area contributed by atoms with Crippen molar-refractivity contribution >= 4 is 22.5 Å². The molecule has 0 aliphatic heterocycles. The van der Waals surface area contributed by atoms with Crippen LogP contribution in [0.15, 0.2) is 23.0 Å². The number of hydrogen-bond donors (Lipinski definition) is 1. The predicted octanol–water partition coefficient (Wildman–Crippen LogP) is 2.00. The van der Waals surface area contributed by atoms with Crippen molar-refractivity contribution in [1.29, 1.82) is 0 Å². The summed E-state index contributed by atoms with van der Waals surface area (Å²) < 4.78 is 1.80. The standard InChI is InChI=1S/C9H9ClN2O/c1-2-12-8-4-3-6(10)5-7(8)9(13)11-12/h3-5H,2H2,1H3,(H,11,13). The smallest absolute Gasteiger partial charge is 0.272 e. The Labute approximate surface area is 79.9 Å². The number of benzene rings is 1. The molecule has 1 aromatic heterocycles. The molecular weight excluding hydrogens is 188 g/mol. The molecule has 13 heavy (non-hydrogen) atoms. The lowest BCUT2D eigenvalue weighted by Gasteiger charge is -1.97. The van der Waals surface area contributed by atoms with E-state index in [1.807, 2.05) is 13.0 Å². The Kier molecular flexibility index (Phi) is 1.88. The molecule has 1 N–H and O–H groups in total. The van der Waals surface area contributed by atoms with Gasteiger partial charge in [-0.2, -0.15) is 0 Å². The zero-order chi connectivity index (χ0) is 9.42. The Bertz CT molecular complexity index is 498. The predicted molar refractivity (Wildman–Crippen MR) is 53.2 cm³/mol. The number of aryl methyl sites for hydroxylation is 1. The molecule has 2 aromatic rings. The molecule has 0 radical (unpaired) electrons. The Morgan fingerprint density at radius 1 is 1.54 bits per heavy atom. The molecule has 0 saturated carbocycles. The average Bonchev–Trinajstić information content (AvgIpc) is 2.43. The minimum absolute atomic E-state index is 0.0839. The number of aromatic amines is 1. The summed E-state index contributed by atoms with van der Waals surface area (Å²) in [7, 11) is 0. The van der Waals surface area contributed by atoms with Crippen LogP contribution in [0.25, 0.3) is 10.9 Å². The van der Waals surface area contributed by atoms with Gasteiger partial charge in [0.25, 0.3) is 5.56 Å². The van der Waals surface area contributed by atoms with Gasteiger partial charge in [-0.15, -0.1) is 0 Å². The van der Waals surface area contributed by atoms with Crippen molar-refractivity contribution in [2.24, 2.45) is 0 Å². The third-order valence-corrected chi connectivity index (χ3v) is 2.28. The van der Waals surface area contributed by atoms with E-state index in [9.17, 15) is 4.79 Å². The van der Waals surface area contributed by atoms with Crippen LogP contribution in [0.1, 0.15) is 6.92 Å². The second kappa shape index (κ2) is 2.92. The van der Waals surface area contributed by atoms with Gasteiger partial charge in [0.15, 0.2) is 0 Å². The molecule has 0 aliphatic carbocycles. The van der Waals surface area contributed by atoms with Gasteiger partial charge in [-0.1, -0.05) is 11.6 Å². The number of aromatic nitrogens is 2. The van der Waals surface area contributed by atoms with Crippen LogP contribution in [-0.4, -0.2) is 9.78 Å². The quantitative estimate of drug-likeness (QED) is 0.745. The number of hydrogen-bond acceptors (Lipinski definition) is 1. The first-order valence-corrected chi connectivity index (χ1v) is 4.48. The van der Waals surface area contributed by atoms with Crippen LogP contribution in [-0.2, 0) is 6.54 Å². The van der Waals surface area contributed by atoms with E-state index in [4.69, 9.17) is 11.6 Å². The Balaban J connectivity index is 2.88. The molecule has 0 bridgehead atoms. The second-order valence-corrected chi connectivity index (χ2v) is 3.28. The maximum Gasteiger partial charge on any atom is 0.272 e. The lowest BCUT2D eigenvalue weighted by molar-refractivity contribution is 0.676. The molecule has 0 atom stereocenters. The molecule has 68 valence electrons. The highest BCUT2D eigenvalue weighted by molar-refractivity contribution is 6.31. The first-order valence-electron chi connectivity index (χ1n) is 4.10. The lowest BCUT2D eigenvalue weighted by atomic mass is 10.2. The topological polar surface area (TPSA) is 37.8 Å². The first kappa shape index (κ1) is 8.38. The fraction of sp³-hybridized carbons (Fsp3) is 0.222. The van der Waals surface area contributed by atoms with Crippen LogP contribution in [0.5, 0.6) is 0 Å². The van der Waals surface area contributed by atoms with Crippen LogP contribution in [0.3, 0.4) is 0 Å². The highest BCUT2D eigenvalue weighted by Gasteiger charge is 2.04. The molecule has 4 heteroatoms. The summed E-state index contributed by atoms with van der Waals surface area (Å²) in [6.07, 6.45) is 0. The summed E-state index contributed by atoms with van der Waals surface area (Å²) in [5.41, 5.74) is 0.816. The largest absolute Gasteiger partial charge is 0.285 e. The van der Waals surface area contributed by atoms with Crippen molar-refractivity contribution < 1.29 is 0 Å². The van der Waals surface area contributed by atoms with Gasteiger partial charge < -0.3 is 0 Å². The van der Waals surface area contributed by atoms with Crippen molar-refractivity contribution in [3.63, 3.8) is 0 Å². The second-order valence-electron chi connectivity index (χ2n) is 2.85. The maximum atomic E-state index is 11.4. The number of H-pyrrole nitrogens is 1. The van der Waals surface area contributed by atoms with Gasteiger partial charge in [0, 0.05) is 11.6 Å². The van der Waals surface area contributed by atoms with Crippen molar-refractivity contribution in [3.05, 3.63) is 33.6 Å². The van der Waals surface area contributed by atoms with Gasteiger partial charge in [0.05, 0.1) is 10.9 Å². The van der Waals surface area contributed by atoms with Crippen LogP contribution < -0.4 is 5.56 Å². The maximum absolute atomic E-state index is 11.4. The molecule has 0 fully saturated rings. The molecule has 0 amide bonds. The van der Waals surface area contributed by atoms with Crippen LogP contribution in [0.2, 0.25) is 5.02 Å². The molecule has 1 heterocycles. The van der Waals surface area contributed by atoms with Crippen LogP contribution in [0.4, 0.5) is 0 Å². The number of nitrogens with zero attached hydrogens (tertiary/aromatic N) is 1. The van der Waals surface area contributed by atoms with Crippen LogP contribution in [0, 0.1) is 0 Å². The third kappa shape index (κ3) is 1.25. The molecule has 0 saturated heterocycles. The van der Waals surface area contributed by atoms with Gasteiger partial charge in [0.2, 0.25) is 0 Å². The van der Waals surface area contributed by atoms with Gasteiger partial charge in [0.1, 0.15) is 0 Å². The highest BCUT2D eigenvalue weighted by Crippen LogP contribution is 2.15. The minimum atomic E-state index is -0.0839. The molecule has 0 spiro atoms. The van der Waals surface area contributed by atoms with E-state index < -0.39 is 0 Å². The molecule has 2 rings (SSSR count). The van der Waals surface area contributed by atoms with E-state index in [1.54, 1.807) is 16.8 Å². The zero-order valence-corrected chi connectivity index (χ0v) is 7.93. The summed E-state index contributed by atoms with van der Waals surface area (Å²) in [6.45, 7) is 2.73. The number of rotatable bonds is 1. The summed E-state index contributed by atoms with van der Waals surface area (Å²) in [4.78, 5) is 11.4. The average molecular weight is 197 g/mol. The number of halogens is 1. The van der Waals surface area contributed by atoms with Gasteiger partial charge >= 0.3 is 0 Å². The van der Waals surface area contributed by atoms with E-state index in [1.165, 1.54) is 0 Å². The number of fused-ring (bicyclic) bond motifs is 1. The molecule has 3 nitrogen and oxygen atoms in total. The summed E-state index contributed by atoms with van der Waals surface area (Å²) in [5, 5.41) is 3.97. The Morgan fingerprint density at radius 3 is 3.00 bits per heavy atom. The van der Waals surface area contributed by atoms with Crippen molar-refractivity contribution in [3.8, 4) is 0 Å². The molecular formula is C9H9ClN2O. The van der Waals surface area contributed by atoms with E-state index in [0.717, 1.165) is 12.1 Å². The third-order valence-electron chi connectivity index (χ3n) is 2.05. The number of nitrogens with one attached hydrogen (secondary N) is 1. The van der Waals surface area contributed by atoms with Gasteiger partial charge in [-0.05, 0) is 25.1 Å². The van der Waals surface area contributed by atoms with Crippen molar-refractivity contribution in [1.82, 2.24) is 9.78 Å². The van der Waals surface area contributed by atoms with E-state index in [2.05, 4.69) is 5.10 Å². The van der Waals surface area contributed by atoms with Crippen LogP contribution >= 0.6 is 11.6 Å². The fourth-order valence-electron chi connectivity index (χ4n) is 1.42. The summed E-state index contributed by atoms with van der Waals surface area (Å²) in [6, 6.07) is 5.31. The lowest BCUT2D eigenvalue weighted by Crippen LogP contribution is -2.03. The Hall–Kier alpha value is -1.22. The monoisotopic (exact) mass is 196 g/mol. The van der Waals surface area contributed by atoms with Gasteiger partial charge in [-0.25, -0.2) is 0 Å². The van der Waals surface area contributed by atoms with Crippen molar-refractivity contribution in [2.45, 2.75) is 13.5 Å². The molecule has 1 aromatic carbocycles.